The zero-order chi connectivity index (χ0) is 40.7. The van der Waals surface area contributed by atoms with Crippen molar-refractivity contribution in [3.8, 4) is 11.5 Å². The van der Waals surface area contributed by atoms with Crippen molar-refractivity contribution in [3.05, 3.63) is 96.1 Å². The molecule has 3 aromatic rings. The largest absolute Gasteiger partial charge is 0.573 e. The molecule has 0 radical (unpaired) electrons. The fourth-order valence-electron chi connectivity index (χ4n) is 13.1. The van der Waals surface area contributed by atoms with Gasteiger partial charge < -0.3 is 24.6 Å². The van der Waals surface area contributed by atoms with E-state index in [1.54, 1.807) is 12.1 Å². The van der Waals surface area contributed by atoms with Crippen molar-refractivity contribution in [2.75, 3.05) is 6.54 Å². The van der Waals surface area contributed by atoms with Gasteiger partial charge in [-0.1, -0.05) is 93.8 Å². The van der Waals surface area contributed by atoms with Gasteiger partial charge in [0.1, 0.15) is 11.5 Å². The van der Waals surface area contributed by atoms with Crippen molar-refractivity contribution in [3.63, 3.8) is 0 Å². The van der Waals surface area contributed by atoms with Crippen molar-refractivity contribution in [1.29, 1.82) is 0 Å². The van der Waals surface area contributed by atoms with E-state index in [1.807, 2.05) is 30.3 Å². The summed E-state index contributed by atoms with van der Waals surface area (Å²) in [5.74, 6) is 0.265. The van der Waals surface area contributed by atoms with Crippen LogP contribution in [0.2, 0.25) is 0 Å². The SMILES string of the molecule is C[C@]12CC[C@H]3[C@]4(C=C[C@@]5(C=C4C(=O)C4CCCCC4)CC(O)CC[C@]35C)[C@@H]1CC[C@@]2(O)CN(Cc1ccc(OC(F)(F)F)cc1)C(=O)Oc1ccc2ccccc2c1. The molecule has 1 amide bonds. The van der Waals surface area contributed by atoms with E-state index in [0.717, 1.165) is 67.7 Å². The number of aliphatic hydroxyl groups is 2. The van der Waals surface area contributed by atoms with Gasteiger partial charge in [0.2, 0.25) is 0 Å². The Balaban J connectivity index is 1.07. The molecule has 7 aliphatic carbocycles. The standard InChI is InChI=1S/C48H54F3NO6/c1-43-21-18-35(53)27-45(43)24-25-47(38(28-45)41(54)33-9-4-3-5-10-33)39(43)19-22-44(2)40(47)20-23-46(44,56)30-52(29-31-12-15-36(16-13-31)58-48(49,50)51)42(55)57-37-17-14-32-8-6-7-11-34(32)26-37/h6-8,11-17,24-26,28,33,35,39-40,53,56H,3-5,9-10,18-23,27,29-30H2,1-2H3/t35?,39-,40-,43-,44+,45+,46-,47-/m1/s1. The Morgan fingerprint density at radius 1 is 0.810 bits per heavy atom. The lowest BCUT2D eigenvalue weighted by Crippen LogP contribution is -2.67. The summed E-state index contributed by atoms with van der Waals surface area (Å²) in [6.45, 7) is 4.43. The molecule has 2 N–H and O–H groups in total. The van der Waals surface area contributed by atoms with E-state index < -0.39 is 40.4 Å². The Hall–Kier alpha value is -4.15. The van der Waals surface area contributed by atoms with Gasteiger partial charge in [-0.3, -0.25) is 4.79 Å². The molecule has 0 aliphatic heterocycles. The highest BCUT2D eigenvalue weighted by Gasteiger charge is 2.74. The molecule has 58 heavy (non-hydrogen) atoms. The molecule has 10 heteroatoms. The van der Waals surface area contributed by atoms with Crippen LogP contribution in [0.3, 0.4) is 0 Å². The third kappa shape index (κ3) is 6.22. The van der Waals surface area contributed by atoms with Crippen molar-refractivity contribution in [2.45, 2.75) is 116 Å². The van der Waals surface area contributed by atoms with Crippen LogP contribution in [0.25, 0.3) is 10.8 Å². The molecule has 8 atom stereocenters. The summed E-state index contributed by atoms with van der Waals surface area (Å²) in [4.78, 5) is 30.8. The predicted molar refractivity (Wildman–Crippen MR) is 214 cm³/mol. The van der Waals surface area contributed by atoms with Crippen molar-refractivity contribution in [1.82, 2.24) is 4.90 Å². The number of halogens is 3. The number of alkyl halides is 3. The highest BCUT2D eigenvalue weighted by atomic mass is 19.4. The number of nitrogens with zero attached hydrogens (tertiary/aromatic N) is 1. The second kappa shape index (κ2) is 14.0. The average Bonchev–Trinajstić information content (AvgIpc) is 3.47. The molecule has 10 rings (SSSR count). The maximum absolute atomic E-state index is 15.0. The first-order valence-corrected chi connectivity index (χ1v) is 21.3. The number of carbonyl (C=O) groups excluding carboxylic acids is 2. The number of hydrogen-bond donors (Lipinski definition) is 2. The van der Waals surface area contributed by atoms with E-state index in [1.165, 1.54) is 29.2 Å². The van der Waals surface area contributed by atoms with Gasteiger partial charge in [-0.25, -0.2) is 4.79 Å². The molecule has 4 saturated carbocycles. The Kier molecular flexibility index (Phi) is 9.47. The minimum Gasteiger partial charge on any atom is -0.410 e. The number of rotatable bonds is 8. The number of ether oxygens (including phenoxy) is 2. The van der Waals surface area contributed by atoms with E-state index in [-0.39, 0.29) is 47.8 Å². The van der Waals surface area contributed by atoms with Gasteiger partial charge in [0.25, 0.3) is 0 Å². The Bertz CT molecular complexity index is 2160. The lowest BCUT2D eigenvalue weighted by Gasteiger charge is -2.71. The second-order valence-electron chi connectivity index (χ2n) is 18.9. The van der Waals surface area contributed by atoms with Crippen LogP contribution < -0.4 is 9.47 Å². The summed E-state index contributed by atoms with van der Waals surface area (Å²) in [6, 6.07) is 18.5. The molecule has 7 nitrogen and oxygen atoms in total. The van der Waals surface area contributed by atoms with Gasteiger partial charge in [-0.05, 0) is 116 Å². The third-order valence-electron chi connectivity index (χ3n) is 16.1. The predicted octanol–water partition coefficient (Wildman–Crippen LogP) is 10.5. The first kappa shape index (κ1) is 39.3. The van der Waals surface area contributed by atoms with Gasteiger partial charge in [0, 0.05) is 34.3 Å². The molecule has 308 valence electrons. The van der Waals surface area contributed by atoms with E-state index in [0.29, 0.717) is 37.0 Å². The van der Waals surface area contributed by atoms with Crippen LogP contribution in [0.15, 0.2) is 90.5 Å². The quantitative estimate of drug-likeness (QED) is 0.220. The fraction of sp³-hybridized carbons (Fsp3) is 0.542. The van der Waals surface area contributed by atoms with Crippen LogP contribution in [0.1, 0.15) is 96.5 Å². The molecule has 2 bridgehead atoms. The first-order chi connectivity index (χ1) is 27.6. The highest BCUT2D eigenvalue weighted by Crippen LogP contribution is 2.78. The number of carbonyl (C=O) groups is 2. The van der Waals surface area contributed by atoms with Crippen LogP contribution in [0.4, 0.5) is 18.0 Å². The van der Waals surface area contributed by atoms with E-state index >= 15 is 0 Å². The summed E-state index contributed by atoms with van der Waals surface area (Å²) in [5.41, 5.74) is -1.77. The maximum Gasteiger partial charge on any atom is 0.573 e. The molecule has 3 aromatic carbocycles. The highest BCUT2D eigenvalue weighted by molar-refractivity contribution is 6.00. The summed E-state index contributed by atoms with van der Waals surface area (Å²) < 4.78 is 49.1. The van der Waals surface area contributed by atoms with Crippen LogP contribution in [0.5, 0.6) is 11.5 Å². The molecular weight excluding hydrogens is 744 g/mol. The number of hydrogen-bond acceptors (Lipinski definition) is 6. The minimum absolute atomic E-state index is 0.0241. The van der Waals surface area contributed by atoms with E-state index in [2.05, 4.69) is 36.8 Å². The minimum atomic E-state index is -4.84. The molecule has 1 unspecified atom stereocenters. The number of Topliss-reactive ketones (excluding diaryl/α,β-unsaturated/α-hetero) is 1. The van der Waals surface area contributed by atoms with Crippen LogP contribution in [-0.2, 0) is 11.3 Å². The number of ketones is 1. The summed E-state index contributed by atoms with van der Waals surface area (Å²) >= 11 is 0. The molecule has 0 saturated heterocycles. The fourth-order valence-corrected chi connectivity index (χ4v) is 13.1. The molecular formula is C48H54F3NO6. The lowest BCUT2D eigenvalue weighted by atomic mass is 9.32. The first-order valence-electron chi connectivity index (χ1n) is 21.3. The normalized spacial score (nSPS) is 35.4. The van der Waals surface area contributed by atoms with Gasteiger partial charge in [0.15, 0.2) is 5.78 Å². The van der Waals surface area contributed by atoms with Gasteiger partial charge in [0.05, 0.1) is 18.2 Å². The zero-order valence-corrected chi connectivity index (χ0v) is 33.4. The summed E-state index contributed by atoms with van der Waals surface area (Å²) in [7, 11) is 0. The smallest absolute Gasteiger partial charge is 0.410 e. The van der Waals surface area contributed by atoms with Crippen LogP contribution >= 0.6 is 0 Å². The molecule has 7 aliphatic rings. The molecule has 4 fully saturated rings. The lowest BCUT2D eigenvalue weighted by molar-refractivity contribution is -0.274. The topological polar surface area (TPSA) is 96.3 Å². The van der Waals surface area contributed by atoms with Gasteiger partial charge >= 0.3 is 12.5 Å². The van der Waals surface area contributed by atoms with E-state index in [9.17, 15) is 33.0 Å². The summed E-state index contributed by atoms with van der Waals surface area (Å²) in [6.07, 6.45) is 10.7. The number of amides is 1. The van der Waals surface area contributed by atoms with Crippen molar-refractivity contribution in [2.24, 2.45) is 39.4 Å². The van der Waals surface area contributed by atoms with Gasteiger partial charge in [-0.15, -0.1) is 13.2 Å². The number of benzene rings is 3. The van der Waals surface area contributed by atoms with Crippen molar-refractivity contribution >= 4 is 22.6 Å². The van der Waals surface area contributed by atoms with Crippen molar-refractivity contribution < 1.29 is 42.4 Å². The molecule has 0 heterocycles. The Morgan fingerprint density at radius 2 is 1.48 bits per heavy atom. The zero-order valence-electron chi connectivity index (χ0n) is 33.4. The Labute approximate surface area is 338 Å². The number of allylic oxidation sites excluding steroid dienone is 4. The van der Waals surface area contributed by atoms with Crippen LogP contribution in [-0.4, -0.2) is 51.6 Å². The number of aliphatic hydroxyl groups excluding tert-OH is 1. The molecule has 2 spiro atoms. The molecule has 0 aromatic heterocycles. The Morgan fingerprint density at radius 3 is 2.22 bits per heavy atom. The maximum atomic E-state index is 15.0. The van der Waals surface area contributed by atoms with Gasteiger partial charge in [-0.2, -0.15) is 0 Å². The second-order valence-corrected chi connectivity index (χ2v) is 18.9. The monoisotopic (exact) mass is 797 g/mol. The van der Waals surface area contributed by atoms with Crippen LogP contribution in [0, 0.1) is 39.4 Å². The number of fused-ring (bicyclic) bond motifs is 2. The summed E-state index contributed by atoms with van der Waals surface area (Å²) in [5, 5.41) is 26.1. The third-order valence-corrected chi connectivity index (χ3v) is 16.1. The average molecular weight is 798 g/mol. The van der Waals surface area contributed by atoms with E-state index in [4.69, 9.17) is 4.74 Å².